The fourth-order valence-electron chi connectivity index (χ4n) is 1.98. The van der Waals surface area contributed by atoms with Crippen LogP contribution in [0.5, 0.6) is 5.75 Å². The largest absolute Gasteiger partial charge is 0.484 e. The number of nitrogens with one attached hydrogen (secondary N) is 2. The zero-order valence-electron chi connectivity index (χ0n) is 12.9. The maximum absolute atomic E-state index is 11.7. The van der Waals surface area contributed by atoms with Gasteiger partial charge in [-0.2, -0.15) is 0 Å². The summed E-state index contributed by atoms with van der Waals surface area (Å²) < 4.78 is 5.33. The zero-order chi connectivity index (χ0) is 16.8. The minimum absolute atomic E-state index is 0.00728. The first-order valence-electron chi connectivity index (χ1n) is 7.55. The predicted octanol–water partition coefficient (Wildman–Crippen LogP) is 1.39. The summed E-state index contributed by atoms with van der Waals surface area (Å²) in [6.07, 6.45) is 2.14. The van der Waals surface area contributed by atoms with Crippen LogP contribution < -0.4 is 15.4 Å². The minimum Gasteiger partial charge on any atom is -0.484 e. The molecule has 1 fully saturated rings. The molecule has 1 saturated carbocycles. The minimum atomic E-state index is -1.08. The van der Waals surface area contributed by atoms with Crippen molar-refractivity contribution in [3.8, 4) is 5.75 Å². The molecule has 2 rings (SSSR count). The number of carboxylic acids is 1. The van der Waals surface area contributed by atoms with Crippen molar-refractivity contribution in [1.82, 2.24) is 5.32 Å². The second-order valence-corrected chi connectivity index (χ2v) is 5.45. The molecule has 23 heavy (non-hydrogen) atoms. The van der Waals surface area contributed by atoms with Gasteiger partial charge in [0.05, 0.1) is 0 Å². The molecule has 7 nitrogen and oxygen atoms in total. The van der Waals surface area contributed by atoms with Crippen LogP contribution in [-0.2, 0) is 14.4 Å². The van der Waals surface area contributed by atoms with Gasteiger partial charge in [-0.15, -0.1) is 0 Å². The normalized spacial score (nSPS) is 14.7. The van der Waals surface area contributed by atoms with Crippen molar-refractivity contribution in [3.05, 3.63) is 24.3 Å². The van der Waals surface area contributed by atoms with E-state index < -0.39 is 17.9 Å². The summed E-state index contributed by atoms with van der Waals surface area (Å²) in [6, 6.07) is 5.82. The first-order chi connectivity index (χ1) is 11.0. The number of hydrogen-bond acceptors (Lipinski definition) is 4. The topological polar surface area (TPSA) is 105 Å². The fraction of sp³-hybridized carbons (Fsp3) is 0.438. The summed E-state index contributed by atoms with van der Waals surface area (Å²) in [7, 11) is 0. The lowest BCUT2D eigenvalue weighted by molar-refractivity contribution is -0.142. The van der Waals surface area contributed by atoms with Crippen molar-refractivity contribution in [2.45, 2.75) is 32.2 Å². The number of aliphatic carboxylic acids is 1. The van der Waals surface area contributed by atoms with E-state index in [1.54, 1.807) is 31.2 Å². The summed E-state index contributed by atoms with van der Waals surface area (Å²) >= 11 is 0. The molecule has 0 aromatic heterocycles. The zero-order valence-corrected chi connectivity index (χ0v) is 12.9. The Morgan fingerprint density at radius 2 is 2.09 bits per heavy atom. The Morgan fingerprint density at radius 3 is 2.70 bits per heavy atom. The highest BCUT2D eigenvalue weighted by Crippen LogP contribution is 2.30. The van der Waals surface area contributed by atoms with E-state index in [9.17, 15) is 14.4 Å². The van der Waals surface area contributed by atoms with Gasteiger partial charge < -0.3 is 20.5 Å². The molecule has 3 N–H and O–H groups in total. The van der Waals surface area contributed by atoms with Crippen LogP contribution in [0.15, 0.2) is 24.3 Å². The number of rotatable bonds is 8. The SMILES string of the molecule is CCC(NC(=O)COc1cccc(NC(=O)C2CC2)c1)C(=O)O. The molecule has 0 bridgehead atoms. The Kier molecular flexibility index (Phi) is 5.56. The smallest absolute Gasteiger partial charge is 0.326 e. The van der Waals surface area contributed by atoms with E-state index in [0.717, 1.165) is 12.8 Å². The van der Waals surface area contributed by atoms with Crippen LogP contribution in [0.3, 0.4) is 0 Å². The molecule has 2 amide bonds. The maximum atomic E-state index is 11.7. The fourth-order valence-corrected chi connectivity index (χ4v) is 1.98. The number of amides is 2. The van der Waals surface area contributed by atoms with Gasteiger partial charge in [0.25, 0.3) is 5.91 Å². The van der Waals surface area contributed by atoms with Gasteiger partial charge in [0.2, 0.25) is 5.91 Å². The molecule has 124 valence electrons. The van der Waals surface area contributed by atoms with Crippen molar-refractivity contribution < 1.29 is 24.2 Å². The number of hydrogen-bond donors (Lipinski definition) is 3. The second kappa shape index (κ2) is 7.62. The molecule has 7 heteroatoms. The highest BCUT2D eigenvalue weighted by atomic mass is 16.5. The Balaban J connectivity index is 1.84. The Labute approximate surface area is 134 Å². The Hall–Kier alpha value is -2.57. The van der Waals surface area contributed by atoms with Crippen LogP contribution in [-0.4, -0.2) is 35.5 Å². The maximum Gasteiger partial charge on any atom is 0.326 e. The van der Waals surface area contributed by atoms with Gasteiger partial charge in [-0.25, -0.2) is 4.79 Å². The second-order valence-electron chi connectivity index (χ2n) is 5.45. The molecule has 1 aromatic rings. The van der Waals surface area contributed by atoms with Crippen molar-refractivity contribution in [2.24, 2.45) is 5.92 Å². The number of ether oxygens (including phenoxy) is 1. The molecule has 0 spiro atoms. The van der Waals surface area contributed by atoms with Gasteiger partial charge in [0.1, 0.15) is 11.8 Å². The quantitative estimate of drug-likeness (QED) is 0.671. The van der Waals surface area contributed by atoms with Crippen LogP contribution in [0, 0.1) is 5.92 Å². The molecule has 1 aliphatic rings. The summed E-state index contributed by atoms with van der Waals surface area (Å²) in [5, 5.41) is 14.0. The standard InChI is InChI=1S/C16H20N2O5/c1-2-13(16(21)22)18-14(19)9-23-12-5-3-4-11(8-12)17-15(20)10-6-7-10/h3-5,8,10,13H,2,6-7,9H2,1H3,(H,17,20)(H,18,19)(H,21,22). The average Bonchev–Trinajstić information content (AvgIpc) is 3.35. The molecule has 1 unspecified atom stereocenters. The van der Waals surface area contributed by atoms with Gasteiger partial charge >= 0.3 is 5.97 Å². The number of benzene rings is 1. The Bertz CT molecular complexity index is 598. The van der Waals surface area contributed by atoms with Crippen molar-refractivity contribution >= 4 is 23.5 Å². The highest BCUT2D eigenvalue weighted by Gasteiger charge is 2.29. The van der Waals surface area contributed by atoms with E-state index >= 15 is 0 Å². The third-order valence-corrected chi connectivity index (χ3v) is 3.46. The molecule has 0 heterocycles. The lowest BCUT2D eigenvalue weighted by Crippen LogP contribution is -2.42. The molecule has 0 radical (unpaired) electrons. The van der Waals surface area contributed by atoms with E-state index in [1.807, 2.05) is 0 Å². The first kappa shape index (κ1) is 16.8. The number of anilines is 1. The van der Waals surface area contributed by atoms with Crippen molar-refractivity contribution in [3.63, 3.8) is 0 Å². The lowest BCUT2D eigenvalue weighted by Gasteiger charge is -2.13. The molecular weight excluding hydrogens is 300 g/mol. The van der Waals surface area contributed by atoms with Crippen LogP contribution >= 0.6 is 0 Å². The predicted molar refractivity (Wildman–Crippen MR) is 83.1 cm³/mol. The summed E-state index contributed by atoms with van der Waals surface area (Å²) in [6.45, 7) is 1.38. The molecule has 1 aliphatic carbocycles. The van der Waals surface area contributed by atoms with Crippen molar-refractivity contribution in [2.75, 3.05) is 11.9 Å². The lowest BCUT2D eigenvalue weighted by atomic mass is 10.2. The van der Waals surface area contributed by atoms with E-state index in [0.29, 0.717) is 17.9 Å². The highest BCUT2D eigenvalue weighted by molar-refractivity contribution is 5.94. The summed E-state index contributed by atoms with van der Waals surface area (Å²) in [5.74, 6) is -1.06. The number of carbonyl (C=O) groups excluding carboxylic acids is 2. The van der Waals surface area contributed by atoms with E-state index in [-0.39, 0.29) is 18.4 Å². The van der Waals surface area contributed by atoms with E-state index in [4.69, 9.17) is 9.84 Å². The monoisotopic (exact) mass is 320 g/mol. The van der Waals surface area contributed by atoms with E-state index in [1.165, 1.54) is 0 Å². The van der Waals surface area contributed by atoms with Crippen molar-refractivity contribution in [1.29, 1.82) is 0 Å². The third kappa shape index (κ3) is 5.28. The van der Waals surface area contributed by atoms with Crippen LogP contribution in [0.1, 0.15) is 26.2 Å². The molecule has 1 aromatic carbocycles. The summed E-state index contributed by atoms with van der Waals surface area (Å²) in [4.78, 5) is 34.2. The third-order valence-electron chi connectivity index (χ3n) is 3.46. The molecule has 1 atom stereocenters. The van der Waals surface area contributed by atoms with E-state index in [2.05, 4.69) is 10.6 Å². The van der Waals surface area contributed by atoms with Crippen LogP contribution in [0.25, 0.3) is 0 Å². The van der Waals surface area contributed by atoms with Crippen LogP contribution in [0.2, 0.25) is 0 Å². The summed E-state index contributed by atoms with van der Waals surface area (Å²) in [5.41, 5.74) is 0.608. The number of carbonyl (C=O) groups is 3. The molecule has 0 saturated heterocycles. The number of carboxylic acid groups (broad SMARTS) is 1. The first-order valence-corrected chi connectivity index (χ1v) is 7.55. The molecular formula is C16H20N2O5. The van der Waals surface area contributed by atoms with Gasteiger partial charge in [0.15, 0.2) is 6.61 Å². The van der Waals surface area contributed by atoms with Gasteiger partial charge in [-0.05, 0) is 31.4 Å². The average molecular weight is 320 g/mol. The Morgan fingerprint density at radius 1 is 1.35 bits per heavy atom. The van der Waals surface area contributed by atoms with Gasteiger partial charge in [0, 0.05) is 17.7 Å². The molecule has 0 aliphatic heterocycles. The van der Waals surface area contributed by atoms with Gasteiger partial charge in [-0.1, -0.05) is 13.0 Å². The van der Waals surface area contributed by atoms with Crippen LogP contribution in [0.4, 0.5) is 5.69 Å². The van der Waals surface area contributed by atoms with Gasteiger partial charge in [-0.3, -0.25) is 9.59 Å².